The lowest BCUT2D eigenvalue weighted by atomic mass is 10.0. The number of ether oxygens (including phenoxy) is 1. The number of carbonyl (C=O) groups is 1. The number of methoxy groups -OCH3 is 1. The minimum absolute atomic E-state index is 0.0949. The lowest BCUT2D eigenvalue weighted by Crippen LogP contribution is -2.41. The average molecular weight is 472 g/mol. The van der Waals surface area contributed by atoms with Crippen LogP contribution >= 0.6 is 11.8 Å². The predicted molar refractivity (Wildman–Crippen MR) is 135 cm³/mol. The van der Waals surface area contributed by atoms with Crippen LogP contribution in [0, 0.1) is 13.8 Å². The van der Waals surface area contributed by atoms with Crippen LogP contribution in [0.3, 0.4) is 0 Å². The molecule has 0 saturated heterocycles. The number of carbonyl (C=O) groups excluding carboxylic acids is 1. The molecule has 34 heavy (non-hydrogen) atoms. The van der Waals surface area contributed by atoms with Crippen molar-refractivity contribution in [1.29, 1.82) is 0 Å². The van der Waals surface area contributed by atoms with Gasteiger partial charge >= 0.3 is 0 Å². The molecule has 0 aliphatic carbocycles. The number of fused-ring (bicyclic) bond motifs is 1. The maximum absolute atomic E-state index is 13.6. The van der Waals surface area contributed by atoms with Gasteiger partial charge in [-0.3, -0.25) is 4.79 Å². The Kier molecular flexibility index (Phi) is 5.98. The number of anilines is 1. The van der Waals surface area contributed by atoms with Crippen molar-refractivity contribution in [1.82, 2.24) is 14.9 Å². The zero-order valence-corrected chi connectivity index (χ0v) is 20.0. The summed E-state index contributed by atoms with van der Waals surface area (Å²) in [5.74, 6) is 1.37. The van der Waals surface area contributed by atoms with Gasteiger partial charge in [0.1, 0.15) is 11.0 Å². The Morgan fingerprint density at radius 2 is 1.76 bits per heavy atom. The quantitative estimate of drug-likeness (QED) is 0.428. The van der Waals surface area contributed by atoms with Gasteiger partial charge in [-0.25, -0.2) is 4.68 Å². The van der Waals surface area contributed by atoms with Crippen LogP contribution in [0.25, 0.3) is 11.4 Å². The smallest absolute Gasteiger partial charge is 0.240 e. The van der Waals surface area contributed by atoms with Gasteiger partial charge in [-0.05, 0) is 48.7 Å². The molecular weight excluding hydrogens is 446 g/mol. The van der Waals surface area contributed by atoms with E-state index in [9.17, 15) is 4.79 Å². The Bertz CT molecular complexity index is 1320. The van der Waals surface area contributed by atoms with Crippen LogP contribution in [-0.4, -0.2) is 33.1 Å². The third kappa shape index (κ3) is 4.12. The van der Waals surface area contributed by atoms with Crippen LogP contribution in [0.1, 0.15) is 22.7 Å². The lowest BCUT2D eigenvalue weighted by molar-refractivity contribution is -0.116. The van der Waals surface area contributed by atoms with Crippen molar-refractivity contribution in [3.8, 4) is 17.1 Å². The van der Waals surface area contributed by atoms with E-state index in [1.54, 1.807) is 7.11 Å². The first-order chi connectivity index (χ1) is 16.5. The van der Waals surface area contributed by atoms with Crippen molar-refractivity contribution >= 4 is 23.4 Å². The molecule has 0 radical (unpaired) electrons. The highest BCUT2D eigenvalue weighted by atomic mass is 32.2. The van der Waals surface area contributed by atoms with Gasteiger partial charge in [-0.1, -0.05) is 66.4 Å². The molecule has 0 spiro atoms. The molecule has 0 fully saturated rings. The van der Waals surface area contributed by atoms with Crippen molar-refractivity contribution in [3.05, 3.63) is 89.5 Å². The van der Waals surface area contributed by atoms with E-state index in [4.69, 9.17) is 4.74 Å². The van der Waals surface area contributed by atoms with E-state index in [-0.39, 0.29) is 11.9 Å². The normalized spacial score (nSPS) is 16.9. The SMILES string of the molecule is COc1ccc([C@@H]2Nn3c(nnc3-c3ccccc3)S[C@@H]2C(=O)Nc2cccc(C)c2C)cc1. The Morgan fingerprint density at radius 1 is 1.00 bits per heavy atom. The van der Waals surface area contributed by atoms with Crippen molar-refractivity contribution in [3.63, 3.8) is 0 Å². The molecule has 0 unspecified atom stereocenters. The number of aromatic nitrogens is 3. The fraction of sp³-hybridized carbons (Fsp3) is 0.192. The van der Waals surface area contributed by atoms with Crippen molar-refractivity contribution < 1.29 is 9.53 Å². The molecular formula is C26H25N5O2S. The zero-order valence-electron chi connectivity index (χ0n) is 19.1. The number of hydrogen-bond acceptors (Lipinski definition) is 6. The standard InChI is InChI=1S/C26H25N5O2S/c1-16-8-7-11-21(17(16)2)27-25(32)23-22(18-12-14-20(33-3)15-13-18)30-31-24(28-29-26(31)34-23)19-9-5-4-6-10-19/h4-15,22-23,30H,1-3H3,(H,27,32)/t22-,23-/m0/s1. The molecule has 2 atom stereocenters. The molecule has 1 aromatic heterocycles. The number of amides is 1. The molecule has 1 aliphatic rings. The molecule has 4 aromatic rings. The second kappa shape index (κ2) is 9.23. The molecule has 7 nitrogen and oxygen atoms in total. The van der Waals surface area contributed by atoms with Gasteiger partial charge < -0.3 is 15.5 Å². The molecule has 1 aliphatic heterocycles. The van der Waals surface area contributed by atoms with E-state index in [1.807, 2.05) is 91.3 Å². The van der Waals surface area contributed by atoms with E-state index >= 15 is 0 Å². The highest BCUT2D eigenvalue weighted by Gasteiger charge is 2.38. The van der Waals surface area contributed by atoms with Crippen LogP contribution in [0.4, 0.5) is 5.69 Å². The van der Waals surface area contributed by atoms with Crippen LogP contribution in [0.5, 0.6) is 5.75 Å². The monoisotopic (exact) mass is 471 g/mol. The van der Waals surface area contributed by atoms with E-state index in [1.165, 1.54) is 11.8 Å². The number of nitrogens with one attached hydrogen (secondary N) is 2. The van der Waals surface area contributed by atoms with Crippen molar-refractivity contribution in [2.45, 2.75) is 30.3 Å². The van der Waals surface area contributed by atoms with E-state index < -0.39 is 5.25 Å². The van der Waals surface area contributed by atoms with Crippen molar-refractivity contribution in [2.75, 3.05) is 17.9 Å². The van der Waals surface area contributed by atoms with E-state index in [2.05, 4.69) is 20.9 Å². The lowest BCUT2D eigenvalue weighted by Gasteiger charge is -2.33. The first-order valence-electron chi connectivity index (χ1n) is 11.0. The predicted octanol–water partition coefficient (Wildman–Crippen LogP) is 4.97. The molecule has 2 N–H and O–H groups in total. The summed E-state index contributed by atoms with van der Waals surface area (Å²) in [4.78, 5) is 13.6. The van der Waals surface area contributed by atoms with Gasteiger partial charge in [0.2, 0.25) is 11.1 Å². The van der Waals surface area contributed by atoms with Crippen LogP contribution in [0.2, 0.25) is 0 Å². The van der Waals surface area contributed by atoms with Crippen LogP contribution in [0.15, 0.2) is 78.0 Å². The molecule has 172 valence electrons. The molecule has 0 saturated carbocycles. The number of rotatable bonds is 5. The number of benzene rings is 3. The van der Waals surface area contributed by atoms with Crippen LogP contribution < -0.4 is 15.5 Å². The first kappa shape index (κ1) is 22.0. The summed E-state index contributed by atoms with van der Waals surface area (Å²) in [5.41, 5.74) is 8.42. The largest absolute Gasteiger partial charge is 0.497 e. The summed E-state index contributed by atoms with van der Waals surface area (Å²) in [6.07, 6.45) is 0. The fourth-order valence-corrected chi connectivity index (χ4v) is 5.06. The zero-order chi connectivity index (χ0) is 23.7. The third-order valence-electron chi connectivity index (χ3n) is 6.06. The molecule has 2 heterocycles. The summed E-state index contributed by atoms with van der Waals surface area (Å²) in [6.45, 7) is 4.05. The summed E-state index contributed by atoms with van der Waals surface area (Å²) in [6, 6.07) is 23.3. The van der Waals surface area contributed by atoms with Crippen LogP contribution in [-0.2, 0) is 4.79 Å². The second-order valence-corrected chi connectivity index (χ2v) is 9.27. The minimum Gasteiger partial charge on any atom is -0.497 e. The Morgan fingerprint density at radius 3 is 2.50 bits per heavy atom. The van der Waals surface area contributed by atoms with Gasteiger partial charge in [0.05, 0.1) is 13.2 Å². The highest BCUT2D eigenvalue weighted by molar-refractivity contribution is 8.00. The number of thioether (sulfide) groups is 1. The van der Waals surface area contributed by atoms with Gasteiger partial charge in [-0.15, -0.1) is 10.2 Å². The fourth-order valence-electron chi connectivity index (χ4n) is 3.98. The number of nitrogens with zero attached hydrogens (tertiary/aromatic N) is 3. The van der Waals surface area contributed by atoms with Crippen molar-refractivity contribution in [2.24, 2.45) is 0 Å². The summed E-state index contributed by atoms with van der Waals surface area (Å²) in [7, 11) is 1.64. The van der Waals surface area contributed by atoms with Gasteiger partial charge in [0, 0.05) is 11.3 Å². The molecule has 3 aromatic carbocycles. The first-order valence-corrected chi connectivity index (χ1v) is 11.9. The molecule has 0 bridgehead atoms. The second-order valence-electron chi connectivity index (χ2n) is 8.16. The maximum Gasteiger partial charge on any atom is 0.240 e. The number of hydrogen-bond donors (Lipinski definition) is 2. The van der Waals surface area contributed by atoms with E-state index in [0.29, 0.717) is 11.0 Å². The van der Waals surface area contributed by atoms with Gasteiger partial charge in [0.25, 0.3) is 0 Å². The minimum atomic E-state index is -0.464. The number of aryl methyl sites for hydroxylation is 1. The highest BCUT2D eigenvalue weighted by Crippen LogP contribution is 2.39. The maximum atomic E-state index is 13.6. The third-order valence-corrected chi connectivity index (χ3v) is 7.28. The summed E-state index contributed by atoms with van der Waals surface area (Å²) < 4.78 is 7.20. The van der Waals surface area contributed by atoms with E-state index in [0.717, 1.165) is 33.7 Å². The van der Waals surface area contributed by atoms with Gasteiger partial charge in [-0.2, -0.15) is 0 Å². The Labute approximate surface area is 202 Å². The Balaban J connectivity index is 1.52. The summed E-state index contributed by atoms with van der Waals surface area (Å²) in [5, 5.41) is 12.1. The average Bonchev–Trinajstić information content (AvgIpc) is 3.29. The molecule has 8 heteroatoms. The Hall–Kier alpha value is -3.78. The molecule has 5 rings (SSSR count). The summed E-state index contributed by atoms with van der Waals surface area (Å²) >= 11 is 1.41. The topological polar surface area (TPSA) is 81.1 Å². The van der Waals surface area contributed by atoms with Gasteiger partial charge in [0.15, 0.2) is 5.82 Å². The molecule has 1 amide bonds.